The van der Waals surface area contributed by atoms with Gasteiger partial charge < -0.3 is 15.1 Å². The molecule has 1 N–H and O–H groups in total. The summed E-state index contributed by atoms with van der Waals surface area (Å²) < 4.78 is 0. The SMILES string of the molecule is CC(C)NC(=O)N(C)C1CCN(c2ccccc2)C1=O. The van der Waals surface area contributed by atoms with E-state index in [-0.39, 0.29) is 24.0 Å². The number of hydrogen-bond donors (Lipinski definition) is 1. The first-order chi connectivity index (χ1) is 9.50. The van der Waals surface area contributed by atoms with Gasteiger partial charge in [0.25, 0.3) is 0 Å². The quantitative estimate of drug-likeness (QED) is 0.915. The van der Waals surface area contributed by atoms with Gasteiger partial charge in [0, 0.05) is 25.3 Å². The van der Waals surface area contributed by atoms with E-state index in [1.54, 1.807) is 11.9 Å². The van der Waals surface area contributed by atoms with Crippen LogP contribution in [0.1, 0.15) is 20.3 Å². The highest BCUT2D eigenvalue weighted by Crippen LogP contribution is 2.23. The van der Waals surface area contributed by atoms with Crippen molar-refractivity contribution in [2.45, 2.75) is 32.4 Å². The molecule has 2 rings (SSSR count). The van der Waals surface area contributed by atoms with Gasteiger partial charge >= 0.3 is 6.03 Å². The fraction of sp³-hybridized carbons (Fsp3) is 0.467. The number of benzene rings is 1. The fourth-order valence-electron chi connectivity index (χ4n) is 2.38. The Morgan fingerprint density at radius 3 is 2.60 bits per heavy atom. The molecule has 0 spiro atoms. The van der Waals surface area contributed by atoms with Crippen molar-refractivity contribution in [1.82, 2.24) is 10.2 Å². The van der Waals surface area contributed by atoms with Crippen molar-refractivity contribution >= 4 is 17.6 Å². The lowest BCUT2D eigenvalue weighted by Crippen LogP contribution is -2.48. The molecule has 0 saturated carbocycles. The molecule has 1 aliphatic heterocycles. The van der Waals surface area contributed by atoms with Crippen LogP contribution in [0.5, 0.6) is 0 Å². The first-order valence-corrected chi connectivity index (χ1v) is 6.90. The van der Waals surface area contributed by atoms with Crippen molar-refractivity contribution in [2.75, 3.05) is 18.5 Å². The number of likely N-dealkylation sites (N-methyl/N-ethyl adjacent to an activating group) is 1. The highest BCUT2D eigenvalue weighted by Gasteiger charge is 2.37. The van der Waals surface area contributed by atoms with E-state index in [9.17, 15) is 9.59 Å². The van der Waals surface area contributed by atoms with Gasteiger partial charge in [-0.2, -0.15) is 0 Å². The lowest BCUT2D eigenvalue weighted by molar-refractivity contribution is -0.120. The van der Waals surface area contributed by atoms with Crippen molar-refractivity contribution in [3.05, 3.63) is 30.3 Å². The Morgan fingerprint density at radius 2 is 2.00 bits per heavy atom. The lowest BCUT2D eigenvalue weighted by Gasteiger charge is -2.25. The van der Waals surface area contributed by atoms with Crippen LogP contribution in [0.15, 0.2) is 30.3 Å². The average molecular weight is 275 g/mol. The second-order valence-electron chi connectivity index (χ2n) is 5.34. The molecule has 1 aromatic carbocycles. The van der Waals surface area contributed by atoms with E-state index in [1.807, 2.05) is 44.2 Å². The van der Waals surface area contributed by atoms with Crippen LogP contribution in [0.2, 0.25) is 0 Å². The molecule has 1 saturated heterocycles. The molecule has 1 fully saturated rings. The number of carbonyl (C=O) groups is 2. The third-order valence-corrected chi connectivity index (χ3v) is 3.45. The minimum Gasteiger partial charge on any atom is -0.336 e. The standard InChI is InChI=1S/C15H21N3O2/c1-11(2)16-15(20)17(3)13-9-10-18(14(13)19)12-7-5-4-6-8-12/h4-8,11,13H,9-10H2,1-3H3,(H,16,20). The Balaban J connectivity index is 2.06. The Labute approximate surface area is 119 Å². The predicted molar refractivity (Wildman–Crippen MR) is 78.6 cm³/mol. The van der Waals surface area contributed by atoms with Gasteiger partial charge in [0.15, 0.2) is 0 Å². The molecule has 0 aliphatic carbocycles. The Bertz CT molecular complexity index is 487. The highest BCUT2D eigenvalue weighted by molar-refractivity contribution is 6.01. The van der Waals surface area contributed by atoms with Gasteiger partial charge in [-0.1, -0.05) is 18.2 Å². The van der Waals surface area contributed by atoms with Crippen LogP contribution in [0, 0.1) is 0 Å². The van der Waals surface area contributed by atoms with E-state index < -0.39 is 0 Å². The average Bonchev–Trinajstić information content (AvgIpc) is 2.80. The molecule has 0 radical (unpaired) electrons. The van der Waals surface area contributed by atoms with Gasteiger partial charge in [0.05, 0.1) is 0 Å². The van der Waals surface area contributed by atoms with Crippen molar-refractivity contribution in [1.29, 1.82) is 0 Å². The smallest absolute Gasteiger partial charge is 0.318 e. The Kier molecular flexibility index (Phi) is 4.27. The number of carbonyl (C=O) groups excluding carboxylic acids is 2. The lowest BCUT2D eigenvalue weighted by atomic mass is 10.2. The Morgan fingerprint density at radius 1 is 1.35 bits per heavy atom. The molecule has 1 unspecified atom stereocenters. The molecule has 1 atom stereocenters. The Hall–Kier alpha value is -2.04. The van der Waals surface area contributed by atoms with E-state index >= 15 is 0 Å². The number of nitrogens with one attached hydrogen (secondary N) is 1. The summed E-state index contributed by atoms with van der Waals surface area (Å²) in [4.78, 5) is 27.7. The van der Waals surface area contributed by atoms with Crippen LogP contribution in [-0.4, -0.2) is 42.5 Å². The second kappa shape index (κ2) is 5.94. The largest absolute Gasteiger partial charge is 0.336 e. The fourth-order valence-corrected chi connectivity index (χ4v) is 2.38. The van der Waals surface area contributed by atoms with Crippen LogP contribution in [0.3, 0.4) is 0 Å². The molecule has 108 valence electrons. The van der Waals surface area contributed by atoms with Crippen molar-refractivity contribution in [3.63, 3.8) is 0 Å². The van der Waals surface area contributed by atoms with Gasteiger partial charge in [0.2, 0.25) is 5.91 Å². The normalized spacial score (nSPS) is 18.5. The van der Waals surface area contributed by atoms with Crippen LogP contribution in [0.4, 0.5) is 10.5 Å². The summed E-state index contributed by atoms with van der Waals surface area (Å²) in [5.74, 6) is -0.0161. The second-order valence-corrected chi connectivity index (χ2v) is 5.34. The minimum absolute atomic E-state index is 0.0161. The molecular weight excluding hydrogens is 254 g/mol. The number of hydrogen-bond acceptors (Lipinski definition) is 2. The molecule has 3 amide bonds. The first-order valence-electron chi connectivity index (χ1n) is 6.90. The monoisotopic (exact) mass is 275 g/mol. The zero-order valence-electron chi connectivity index (χ0n) is 12.2. The molecule has 5 heteroatoms. The zero-order chi connectivity index (χ0) is 14.7. The number of urea groups is 1. The first kappa shape index (κ1) is 14.4. The van der Waals surface area contributed by atoms with E-state index in [0.29, 0.717) is 13.0 Å². The maximum absolute atomic E-state index is 12.4. The third-order valence-electron chi connectivity index (χ3n) is 3.45. The summed E-state index contributed by atoms with van der Waals surface area (Å²) >= 11 is 0. The third kappa shape index (κ3) is 2.92. The molecule has 20 heavy (non-hydrogen) atoms. The highest BCUT2D eigenvalue weighted by atomic mass is 16.2. The number of rotatable bonds is 3. The maximum atomic E-state index is 12.4. The number of amides is 3. The molecule has 0 aromatic heterocycles. The molecule has 5 nitrogen and oxygen atoms in total. The van der Waals surface area contributed by atoms with Crippen LogP contribution in [0.25, 0.3) is 0 Å². The van der Waals surface area contributed by atoms with Gasteiger partial charge in [-0.3, -0.25) is 4.79 Å². The summed E-state index contributed by atoms with van der Waals surface area (Å²) in [6.45, 7) is 4.45. The molecular formula is C15H21N3O2. The van der Waals surface area contributed by atoms with E-state index in [0.717, 1.165) is 5.69 Å². The molecule has 0 bridgehead atoms. The summed E-state index contributed by atoms with van der Waals surface area (Å²) in [5, 5.41) is 2.81. The predicted octanol–water partition coefficient (Wildman–Crippen LogP) is 1.84. The summed E-state index contributed by atoms with van der Waals surface area (Å²) in [7, 11) is 1.68. The summed E-state index contributed by atoms with van der Waals surface area (Å²) in [6, 6.07) is 9.04. The van der Waals surface area contributed by atoms with Gasteiger partial charge in [-0.05, 0) is 32.4 Å². The van der Waals surface area contributed by atoms with E-state index in [2.05, 4.69) is 5.32 Å². The number of anilines is 1. The van der Waals surface area contributed by atoms with E-state index in [4.69, 9.17) is 0 Å². The number of nitrogens with zero attached hydrogens (tertiary/aromatic N) is 2. The van der Waals surface area contributed by atoms with Gasteiger partial charge in [-0.25, -0.2) is 4.79 Å². The molecule has 1 heterocycles. The zero-order valence-corrected chi connectivity index (χ0v) is 12.2. The summed E-state index contributed by atoms with van der Waals surface area (Å²) in [5.41, 5.74) is 0.887. The van der Waals surface area contributed by atoms with Gasteiger partial charge in [0.1, 0.15) is 6.04 Å². The summed E-state index contributed by atoms with van der Waals surface area (Å²) in [6.07, 6.45) is 0.662. The van der Waals surface area contributed by atoms with Crippen LogP contribution < -0.4 is 10.2 Å². The number of para-hydroxylation sites is 1. The van der Waals surface area contributed by atoms with E-state index in [1.165, 1.54) is 4.90 Å². The minimum atomic E-state index is -0.381. The molecule has 1 aliphatic rings. The van der Waals surface area contributed by atoms with Crippen molar-refractivity contribution in [3.8, 4) is 0 Å². The van der Waals surface area contributed by atoms with Gasteiger partial charge in [-0.15, -0.1) is 0 Å². The van der Waals surface area contributed by atoms with Crippen LogP contribution in [-0.2, 0) is 4.79 Å². The van der Waals surface area contributed by atoms with Crippen molar-refractivity contribution in [2.24, 2.45) is 0 Å². The maximum Gasteiger partial charge on any atom is 0.318 e. The van der Waals surface area contributed by atoms with Crippen LogP contribution >= 0.6 is 0 Å². The molecule has 1 aromatic rings. The van der Waals surface area contributed by atoms with Crippen molar-refractivity contribution < 1.29 is 9.59 Å². The topological polar surface area (TPSA) is 52.7 Å².